The number of rotatable bonds is 4. The number of nitrogens with zero attached hydrogens (tertiary/aromatic N) is 1. The molecule has 0 aliphatic carbocycles. The molecule has 0 atom stereocenters. The number of unbranched alkanes of at least 4 members (excludes halogenated alkanes) is 1. The quantitative estimate of drug-likeness (QED) is 0.863. The van der Waals surface area contributed by atoms with Gasteiger partial charge in [-0.3, -0.25) is 4.79 Å². The average Bonchev–Trinajstić information content (AvgIpc) is 2.24. The van der Waals surface area contributed by atoms with Gasteiger partial charge in [-0.25, -0.2) is 0 Å². The maximum Gasteiger partial charge on any atom is 0.251 e. The van der Waals surface area contributed by atoms with Gasteiger partial charge in [0.05, 0.1) is 6.07 Å². The Hall–Kier alpha value is -1.34. The number of carbonyl (C=O) groups is 1. The molecule has 0 fully saturated rings. The van der Waals surface area contributed by atoms with Gasteiger partial charge in [0.2, 0.25) is 0 Å². The SMILES string of the molecule is Cc1cc(Br)ccc1C(=O)NCCCC#N. The third-order valence-electron chi connectivity index (χ3n) is 2.18. The molecule has 0 aromatic heterocycles. The first kappa shape index (κ1) is 12.7. The van der Waals surface area contributed by atoms with Gasteiger partial charge >= 0.3 is 0 Å². The minimum absolute atomic E-state index is 0.0806. The van der Waals surface area contributed by atoms with E-state index in [1.54, 1.807) is 6.07 Å². The normalized spacial score (nSPS) is 9.56. The van der Waals surface area contributed by atoms with Crippen LogP contribution in [0.25, 0.3) is 0 Å². The second-order valence-corrected chi connectivity index (χ2v) is 4.39. The van der Waals surface area contributed by atoms with Crippen molar-refractivity contribution in [3.63, 3.8) is 0 Å². The van der Waals surface area contributed by atoms with Gasteiger partial charge in [-0.15, -0.1) is 0 Å². The summed E-state index contributed by atoms with van der Waals surface area (Å²) in [6.07, 6.45) is 1.16. The number of halogens is 1. The molecule has 0 unspecified atom stereocenters. The van der Waals surface area contributed by atoms with E-state index in [0.717, 1.165) is 10.0 Å². The summed E-state index contributed by atoms with van der Waals surface area (Å²) in [5, 5.41) is 11.1. The molecule has 1 rings (SSSR count). The van der Waals surface area contributed by atoms with Gasteiger partial charge in [0.15, 0.2) is 0 Å². The molecule has 0 saturated heterocycles. The van der Waals surface area contributed by atoms with Gasteiger partial charge in [0.1, 0.15) is 0 Å². The van der Waals surface area contributed by atoms with Gasteiger partial charge in [0, 0.05) is 23.0 Å². The van der Waals surface area contributed by atoms with Crippen molar-refractivity contribution in [1.29, 1.82) is 5.26 Å². The molecule has 1 aromatic carbocycles. The van der Waals surface area contributed by atoms with Crippen LogP contribution in [0.15, 0.2) is 22.7 Å². The molecule has 0 aliphatic rings. The Morgan fingerprint density at radius 3 is 2.94 bits per heavy atom. The minimum atomic E-state index is -0.0806. The van der Waals surface area contributed by atoms with E-state index in [1.165, 1.54) is 0 Å². The first-order valence-electron chi connectivity index (χ1n) is 5.06. The zero-order valence-electron chi connectivity index (χ0n) is 9.09. The fourth-order valence-corrected chi connectivity index (χ4v) is 1.82. The Kier molecular flexibility index (Phi) is 5.00. The van der Waals surface area contributed by atoms with Crippen LogP contribution in [-0.2, 0) is 0 Å². The van der Waals surface area contributed by atoms with Crippen molar-refractivity contribution in [2.75, 3.05) is 6.54 Å². The molecule has 0 radical (unpaired) electrons. The standard InChI is InChI=1S/C12H13BrN2O/c1-9-8-10(13)4-5-11(9)12(16)15-7-3-2-6-14/h4-5,8H,2-3,7H2,1H3,(H,15,16). The lowest BCUT2D eigenvalue weighted by Gasteiger charge is -2.07. The van der Waals surface area contributed by atoms with E-state index in [2.05, 4.69) is 21.2 Å². The van der Waals surface area contributed by atoms with Crippen molar-refractivity contribution in [2.24, 2.45) is 0 Å². The van der Waals surface area contributed by atoms with Crippen LogP contribution in [0.3, 0.4) is 0 Å². The van der Waals surface area contributed by atoms with Crippen LogP contribution >= 0.6 is 15.9 Å². The molecule has 0 bridgehead atoms. The Balaban J connectivity index is 2.57. The summed E-state index contributed by atoms with van der Waals surface area (Å²) in [5.41, 5.74) is 1.62. The molecule has 1 aromatic rings. The highest BCUT2D eigenvalue weighted by Crippen LogP contribution is 2.15. The Morgan fingerprint density at radius 2 is 2.31 bits per heavy atom. The first-order valence-corrected chi connectivity index (χ1v) is 5.85. The summed E-state index contributed by atoms with van der Waals surface area (Å²) in [7, 11) is 0. The number of amides is 1. The molecular weight excluding hydrogens is 268 g/mol. The van der Waals surface area contributed by atoms with E-state index in [1.807, 2.05) is 25.1 Å². The monoisotopic (exact) mass is 280 g/mol. The van der Waals surface area contributed by atoms with Gasteiger partial charge in [-0.05, 0) is 37.1 Å². The average molecular weight is 281 g/mol. The topological polar surface area (TPSA) is 52.9 Å². The molecule has 0 spiro atoms. The van der Waals surface area contributed by atoms with Gasteiger partial charge < -0.3 is 5.32 Å². The van der Waals surface area contributed by atoms with Crippen molar-refractivity contribution in [1.82, 2.24) is 5.32 Å². The lowest BCUT2D eigenvalue weighted by molar-refractivity contribution is 0.0952. The molecule has 16 heavy (non-hydrogen) atoms. The van der Waals surface area contributed by atoms with Crippen molar-refractivity contribution < 1.29 is 4.79 Å². The number of aryl methyl sites for hydroxylation is 1. The van der Waals surface area contributed by atoms with Crippen LogP contribution in [-0.4, -0.2) is 12.5 Å². The molecule has 0 aliphatic heterocycles. The lowest BCUT2D eigenvalue weighted by Crippen LogP contribution is -2.25. The molecule has 1 amide bonds. The second-order valence-electron chi connectivity index (χ2n) is 3.48. The summed E-state index contributed by atoms with van der Waals surface area (Å²) in [4.78, 5) is 11.7. The Labute approximate surface area is 104 Å². The van der Waals surface area contributed by atoms with E-state index in [4.69, 9.17) is 5.26 Å². The summed E-state index contributed by atoms with van der Waals surface area (Å²) in [6.45, 7) is 2.44. The predicted molar refractivity (Wildman–Crippen MR) is 66.1 cm³/mol. The number of carbonyl (C=O) groups excluding carboxylic acids is 1. The zero-order chi connectivity index (χ0) is 12.0. The number of hydrogen-bond donors (Lipinski definition) is 1. The summed E-state index contributed by atoms with van der Waals surface area (Å²) in [5.74, 6) is -0.0806. The van der Waals surface area contributed by atoms with Gasteiger partial charge in [0.25, 0.3) is 5.91 Å². The highest BCUT2D eigenvalue weighted by atomic mass is 79.9. The third kappa shape index (κ3) is 3.67. The molecule has 0 heterocycles. The van der Waals surface area contributed by atoms with Crippen LogP contribution < -0.4 is 5.32 Å². The molecule has 3 nitrogen and oxygen atoms in total. The predicted octanol–water partition coefficient (Wildman–Crippen LogP) is 2.79. The van der Waals surface area contributed by atoms with Gasteiger partial charge in [-0.1, -0.05) is 15.9 Å². The van der Waals surface area contributed by atoms with Crippen LogP contribution in [0.5, 0.6) is 0 Å². The van der Waals surface area contributed by atoms with Crippen LogP contribution in [0, 0.1) is 18.3 Å². The summed E-state index contributed by atoms with van der Waals surface area (Å²) >= 11 is 3.35. The molecule has 1 N–H and O–H groups in total. The van der Waals surface area contributed by atoms with E-state index in [0.29, 0.717) is 24.9 Å². The maximum absolute atomic E-state index is 11.7. The van der Waals surface area contributed by atoms with Crippen LogP contribution in [0.2, 0.25) is 0 Å². The van der Waals surface area contributed by atoms with E-state index >= 15 is 0 Å². The van der Waals surface area contributed by atoms with E-state index in [-0.39, 0.29) is 5.91 Å². The number of nitrogens with one attached hydrogen (secondary N) is 1. The summed E-state index contributed by atoms with van der Waals surface area (Å²) in [6, 6.07) is 7.58. The zero-order valence-corrected chi connectivity index (χ0v) is 10.7. The summed E-state index contributed by atoms with van der Waals surface area (Å²) < 4.78 is 0.964. The van der Waals surface area contributed by atoms with Crippen molar-refractivity contribution in [2.45, 2.75) is 19.8 Å². The lowest BCUT2D eigenvalue weighted by atomic mass is 10.1. The van der Waals surface area contributed by atoms with Crippen LogP contribution in [0.4, 0.5) is 0 Å². The largest absolute Gasteiger partial charge is 0.352 e. The number of nitriles is 1. The van der Waals surface area contributed by atoms with Crippen molar-refractivity contribution in [3.8, 4) is 6.07 Å². The highest BCUT2D eigenvalue weighted by molar-refractivity contribution is 9.10. The van der Waals surface area contributed by atoms with E-state index < -0.39 is 0 Å². The molecule has 0 saturated carbocycles. The Morgan fingerprint density at radius 1 is 1.56 bits per heavy atom. The second kappa shape index (κ2) is 6.29. The Bertz CT molecular complexity index is 424. The fourth-order valence-electron chi connectivity index (χ4n) is 1.35. The minimum Gasteiger partial charge on any atom is -0.352 e. The molecular formula is C12H13BrN2O. The fraction of sp³-hybridized carbons (Fsp3) is 0.333. The number of benzene rings is 1. The highest BCUT2D eigenvalue weighted by Gasteiger charge is 2.07. The third-order valence-corrected chi connectivity index (χ3v) is 2.68. The van der Waals surface area contributed by atoms with Crippen molar-refractivity contribution in [3.05, 3.63) is 33.8 Å². The number of hydrogen-bond acceptors (Lipinski definition) is 2. The van der Waals surface area contributed by atoms with Crippen molar-refractivity contribution >= 4 is 21.8 Å². The molecule has 4 heteroatoms. The van der Waals surface area contributed by atoms with Crippen LogP contribution in [0.1, 0.15) is 28.8 Å². The van der Waals surface area contributed by atoms with Gasteiger partial charge in [-0.2, -0.15) is 5.26 Å². The molecule has 84 valence electrons. The maximum atomic E-state index is 11.7. The first-order chi connectivity index (χ1) is 7.65. The smallest absolute Gasteiger partial charge is 0.251 e. The van der Waals surface area contributed by atoms with E-state index in [9.17, 15) is 4.79 Å².